The highest BCUT2D eigenvalue weighted by Crippen LogP contribution is 2.29. The van der Waals surface area contributed by atoms with Crippen LogP contribution in [0.25, 0.3) is 0 Å². The molecule has 2 aromatic rings. The van der Waals surface area contributed by atoms with E-state index < -0.39 is 4.92 Å². The topological polar surface area (TPSA) is 119 Å². The van der Waals surface area contributed by atoms with E-state index in [9.17, 15) is 10.1 Å². The van der Waals surface area contributed by atoms with Crippen LogP contribution in [-0.4, -0.2) is 14.9 Å². The van der Waals surface area contributed by atoms with Crippen molar-refractivity contribution in [2.45, 2.75) is 0 Å². The Labute approximate surface area is 112 Å². The minimum absolute atomic E-state index is 0.000972. The zero-order valence-electron chi connectivity index (χ0n) is 9.50. The SMILES string of the molecule is NNc1ncc([N+](=O)[O-])c(Nc2ccccc2Cl)n1. The van der Waals surface area contributed by atoms with Crippen molar-refractivity contribution in [2.75, 3.05) is 10.7 Å². The quantitative estimate of drug-likeness (QED) is 0.445. The van der Waals surface area contributed by atoms with Gasteiger partial charge in [0.2, 0.25) is 11.8 Å². The molecule has 0 saturated carbocycles. The number of hydrogen-bond donors (Lipinski definition) is 3. The number of nitrogen functional groups attached to an aromatic ring is 1. The number of nitrogens with two attached hydrogens (primary N) is 1. The molecule has 1 aromatic heterocycles. The maximum absolute atomic E-state index is 10.9. The summed E-state index contributed by atoms with van der Waals surface area (Å²) in [5.41, 5.74) is 2.43. The summed E-state index contributed by atoms with van der Waals surface area (Å²) in [6.07, 6.45) is 1.06. The van der Waals surface area contributed by atoms with E-state index in [2.05, 4.69) is 20.7 Å². The summed E-state index contributed by atoms with van der Waals surface area (Å²) in [4.78, 5) is 17.9. The standard InChI is InChI=1S/C10H9ClN6O2/c11-6-3-1-2-4-7(6)14-9-8(17(18)19)5-13-10(15-9)16-12/h1-5H,12H2,(H2,13,14,15,16). The van der Waals surface area contributed by atoms with Crippen LogP contribution in [0.1, 0.15) is 0 Å². The molecule has 0 aliphatic heterocycles. The lowest BCUT2D eigenvalue weighted by molar-refractivity contribution is -0.384. The molecule has 0 spiro atoms. The lowest BCUT2D eigenvalue weighted by Crippen LogP contribution is -2.12. The first-order valence-electron chi connectivity index (χ1n) is 5.11. The Morgan fingerprint density at radius 2 is 2.11 bits per heavy atom. The highest BCUT2D eigenvalue weighted by atomic mass is 35.5. The molecule has 0 saturated heterocycles. The molecular formula is C10H9ClN6O2. The largest absolute Gasteiger partial charge is 0.333 e. The van der Waals surface area contributed by atoms with E-state index in [0.29, 0.717) is 10.7 Å². The van der Waals surface area contributed by atoms with Gasteiger partial charge in [0.15, 0.2) is 0 Å². The number of para-hydroxylation sites is 1. The number of nitro groups is 1. The van der Waals surface area contributed by atoms with Crippen LogP contribution in [0.15, 0.2) is 30.5 Å². The molecule has 0 aliphatic rings. The van der Waals surface area contributed by atoms with E-state index in [-0.39, 0.29) is 17.5 Å². The molecule has 0 amide bonds. The molecule has 0 unspecified atom stereocenters. The van der Waals surface area contributed by atoms with Crippen LogP contribution in [0, 0.1) is 10.1 Å². The van der Waals surface area contributed by atoms with Gasteiger partial charge in [-0.2, -0.15) is 4.98 Å². The second-order valence-electron chi connectivity index (χ2n) is 3.43. The summed E-state index contributed by atoms with van der Waals surface area (Å²) in [5.74, 6) is 5.23. The number of anilines is 3. The van der Waals surface area contributed by atoms with E-state index in [4.69, 9.17) is 17.4 Å². The van der Waals surface area contributed by atoms with Gasteiger partial charge in [0.05, 0.1) is 15.6 Å². The molecule has 0 fully saturated rings. The Bertz CT molecular complexity index is 621. The number of nitrogens with one attached hydrogen (secondary N) is 2. The van der Waals surface area contributed by atoms with E-state index in [0.717, 1.165) is 6.20 Å². The smallest absolute Gasteiger partial charge is 0.329 e. The highest BCUT2D eigenvalue weighted by molar-refractivity contribution is 6.33. The van der Waals surface area contributed by atoms with E-state index in [1.165, 1.54) is 0 Å². The van der Waals surface area contributed by atoms with Gasteiger partial charge < -0.3 is 5.32 Å². The molecule has 0 aliphatic carbocycles. The number of halogens is 1. The Kier molecular flexibility index (Phi) is 3.74. The highest BCUT2D eigenvalue weighted by Gasteiger charge is 2.18. The number of hydrogen-bond acceptors (Lipinski definition) is 7. The second kappa shape index (κ2) is 5.46. The average molecular weight is 281 g/mol. The zero-order valence-corrected chi connectivity index (χ0v) is 10.3. The normalized spacial score (nSPS) is 10.0. The van der Waals surface area contributed by atoms with E-state index >= 15 is 0 Å². The molecule has 0 bridgehead atoms. The molecule has 8 nitrogen and oxygen atoms in total. The predicted octanol–water partition coefficient (Wildman–Crippen LogP) is 2.07. The van der Waals surface area contributed by atoms with Crippen LogP contribution in [0.4, 0.5) is 23.1 Å². The van der Waals surface area contributed by atoms with Crippen molar-refractivity contribution in [3.8, 4) is 0 Å². The van der Waals surface area contributed by atoms with Crippen molar-refractivity contribution in [2.24, 2.45) is 5.84 Å². The molecule has 0 radical (unpaired) electrons. The Morgan fingerprint density at radius 1 is 1.37 bits per heavy atom. The monoisotopic (exact) mass is 280 g/mol. The van der Waals surface area contributed by atoms with E-state index in [1.54, 1.807) is 24.3 Å². The van der Waals surface area contributed by atoms with Gasteiger partial charge in [-0.25, -0.2) is 10.8 Å². The van der Waals surface area contributed by atoms with Gasteiger partial charge in [-0.15, -0.1) is 0 Å². The fourth-order valence-electron chi connectivity index (χ4n) is 1.36. The van der Waals surface area contributed by atoms with Gasteiger partial charge in [0.1, 0.15) is 6.20 Å². The van der Waals surface area contributed by atoms with Gasteiger partial charge in [0, 0.05) is 0 Å². The molecular weight excluding hydrogens is 272 g/mol. The third-order valence-electron chi connectivity index (χ3n) is 2.22. The van der Waals surface area contributed by atoms with Crippen LogP contribution in [0.5, 0.6) is 0 Å². The van der Waals surface area contributed by atoms with Crippen LogP contribution in [-0.2, 0) is 0 Å². The Balaban J connectivity index is 2.43. The molecule has 1 aromatic carbocycles. The van der Waals surface area contributed by atoms with Crippen LogP contribution in [0.2, 0.25) is 5.02 Å². The average Bonchev–Trinajstić information content (AvgIpc) is 2.41. The molecule has 1 heterocycles. The van der Waals surface area contributed by atoms with Crippen LogP contribution in [0.3, 0.4) is 0 Å². The summed E-state index contributed by atoms with van der Waals surface area (Å²) >= 11 is 5.96. The molecule has 2 rings (SSSR count). The van der Waals surface area contributed by atoms with Crippen LogP contribution >= 0.6 is 11.6 Å². The zero-order chi connectivity index (χ0) is 13.8. The second-order valence-corrected chi connectivity index (χ2v) is 3.84. The van der Waals surface area contributed by atoms with Gasteiger partial charge >= 0.3 is 5.69 Å². The van der Waals surface area contributed by atoms with Crippen molar-refractivity contribution in [3.05, 3.63) is 45.6 Å². The number of nitrogens with zero attached hydrogens (tertiary/aromatic N) is 3. The molecule has 98 valence electrons. The van der Waals surface area contributed by atoms with Gasteiger partial charge in [-0.05, 0) is 12.1 Å². The Morgan fingerprint density at radius 3 is 2.74 bits per heavy atom. The third kappa shape index (κ3) is 2.87. The summed E-state index contributed by atoms with van der Waals surface area (Å²) in [5, 5.41) is 14.1. The first-order chi connectivity index (χ1) is 9.11. The first kappa shape index (κ1) is 13.0. The van der Waals surface area contributed by atoms with Crippen molar-refractivity contribution in [3.63, 3.8) is 0 Å². The first-order valence-corrected chi connectivity index (χ1v) is 5.49. The molecule has 19 heavy (non-hydrogen) atoms. The van der Waals surface area contributed by atoms with Crippen LogP contribution < -0.4 is 16.6 Å². The van der Waals surface area contributed by atoms with Gasteiger partial charge in [-0.1, -0.05) is 23.7 Å². The van der Waals surface area contributed by atoms with E-state index in [1.807, 2.05) is 0 Å². The number of rotatable bonds is 4. The summed E-state index contributed by atoms with van der Waals surface area (Å²) in [6.45, 7) is 0. The minimum Gasteiger partial charge on any atom is -0.333 e. The maximum Gasteiger partial charge on any atom is 0.329 e. The molecule has 0 atom stereocenters. The lowest BCUT2D eigenvalue weighted by Gasteiger charge is -2.08. The van der Waals surface area contributed by atoms with Crippen molar-refractivity contribution in [1.29, 1.82) is 0 Å². The number of hydrazine groups is 1. The number of benzene rings is 1. The van der Waals surface area contributed by atoms with Gasteiger partial charge in [0.25, 0.3) is 0 Å². The number of aromatic nitrogens is 2. The fourth-order valence-corrected chi connectivity index (χ4v) is 1.54. The van der Waals surface area contributed by atoms with Crippen molar-refractivity contribution < 1.29 is 4.92 Å². The minimum atomic E-state index is -0.598. The third-order valence-corrected chi connectivity index (χ3v) is 2.55. The Hall–Kier alpha value is -2.45. The van der Waals surface area contributed by atoms with Gasteiger partial charge in [-0.3, -0.25) is 15.5 Å². The lowest BCUT2D eigenvalue weighted by atomic mass is 10.3. The summed E-state index contributed by atoms with van der Waals surface area (Å²) in [6, 6.07) is 6.81. The summed E-state index contributed by atoms with van der Waals surface area (Å²) < 4.78 is 0. The van der Waals surface area contributed by atoms with Crippen molar-refractivity contribution >= 4 is 34.7 Å². The predicted molar refractivity (Wildman–Crippen MR) is 71.2 cm³/mol. The summed E-state index contributed by atoms with van der Waals surface area (Å²) in [7, 11) is 0. The molecule has 4 N–H and O–H groups in total. The van der Waals surface area contributed by atoms with Crippen molar-refractivity contribution in [1.82, 2.24) is 9.97 Å². The maximum atomic E-state index is 10.9. The molecule has 9 heteroatoms. The fraction of sp³-hybridized carbons (Fsp3) is 0.